The van der Waals surface area contributed by atoms with Gasteiger partial charge in [-0.25, -0.2) is 0 Å². The molecule has 0 saturated carbocycles. The van der Waals surface area contributed by atoms with Gasteiger partial charge in [-0.3, -0.25) is 4.98 Å². The molecule has 2 aromatic heterocycles. The summed E-state index contributed by atoms with van der Waals surface area (Å²) in [7, 11) is 2.00. The van der Waals surface area contributed by atoms with E-state index in [0.29, 0.717) is 6.04 Å². The third-order valence-electron chi connectivity index (χ3n) is 3.70. The summed E-state index contributed by atoms with van der Waals surface area (Å²) in [5.41, 5.74) is 1.30. The van der Waals surface area contributed by atoms with Gasteiger partial charge in [-0.15, -0.1) is 0 Å². The standard InChI is InChI=1S/C17H18N2O/c1-18-17(8-7-14-5-3-11-20-14)15-6-2-4-13-9-10-19-12-16(13)15/h2-6,9-12,17-18H,7-8H2,1H3. The molecule has 0 bridgehead atoms. The van der Waals surface area contributed by atoms with Crippen LogP contribution in [0.1, 0.15) is 23.8 Å². The number of benzene rings is 1. The van der Waals surface area contributed by atoms with E-state index in [2.05, 4.69) is 34.6 Å². The molecule has 1 unspecified atom stereocenters. The van der Waals surface area contributed by atoms with E-state index >= 15 is 0 Å². The molecule has 2 heterocycles. The molecule has 0 aliphatic carbocycles. The highest BCUT2D eigenvalue weighted by atomic mass is 16.3. The summed E-state index contributed by atoms with van der Waals surface area (Å²) in [6.45, 7) is 0. The van der Waals surface area contributed by atoms with Crippen LogP contribution in [0.3, 0.4) is 0 Å². The minimum absolute atomic E-state index is 0.299. The van der Waals surface area contributed by atoms with E-state index in [1.54, 1.807) is 6.26 Å². The SMILES string of the molecule is CNC(CCc1ccco1)c1cccc2ccncc12. The maximum Gasteiger partial charge on any atom is 0.103 e. The molecule has 0 aliphatic heterocycles. The van der Waals surface area contributed by atoms with E-state index in [9.17, 15) is 0 Å². The van der Waals surface area contributed by atoms with E-state index in [1.165, 1.54) is 16.3 Å². The van der Waals surface area contributed by atoms with Crippen molar-refractivity contribution < 1.29 is 4.42 Å². The van der Waals surface area contributed by atoms with Gasteiger partial charge in [0.25, 0.3) is 0 Å². The predicted molar refractivity (Wildman–Crippen MR) is 80.6 cm³/mol. The van der Waals surface area contributed by atoms with Crippen molar-refractivity contribution in [2.75, 3.05) is 7.05 Å². The molecule has 0 spiro atoms. The fourth-order valence-electron chi connectivity index (χ4n) is 2.64. The Hall–Kier alpha value is -2.13. The third-order valence-corrected chi connectivity index (χ3v) is 3.70. The lowest BCUT2D eigenvalue weighted by atomic mass is 9.96. The Kier molecular flexibility index (Phi) is 3.79. The minimum Gasteiger partial charge on any atom is -0.469 e. The average Bonchev–Trinajstić information content (AvgIpc) is 3.01. The van der Waals surface area contributed by atoms with Gasteiger partial charge in [0.2, 0.25) is 0 Å². The smallest absolute Gasteiger partial charge is 0.103 e. The van der Waals surface area contributed by atoms with Crippen LogP contribution in [0.25, 0.3) is 10.8 Å². The molecular formula is C17H18N2O. The van der Waals surface area contributed by atoms with Gasteiger partial charge in [0.05, 0.1) is 6.26 Å². The quantitative estimate of drug-likeness (QED) is 0.764. The zero-order valence-electron chi connectivity index (χ0n) is 11.5. The Bertz CT molecular complexity index is 671. The van der Waals surface area contributed by atoms with Crippen molar-refractivity contribution in [3.63, 3.8) is 0 Å². The monoisotopic (exact) mass is 266 g/mol. The predicted octanol–water partition coefficient (Wildman–Crippen LogP) is 3.72. The first-order valence-corrected chi connectivity index (χ1v) is 6.91. The average molecular weight is 266 g/mol. The Balaban J connectivity index is 1.87. The van der Waals surface area contributed by atoms with Crippen molar-refractivity contribution in [1.29, 1.82) is 0 Å². The maximum absolute atomic E-state index is 5.41. The van der Waals surface area contributed by atoms with Gasteiger partial charge in [-0.2, -0.15) is 0 Å². The molecule has 1 aromatic carbocycles. The molecule has 1 N–H and O–H groups in total. The second-order valence-electron chi connectivity index (χ2n) is 4.90. The summed E-state index contributed by atoms with van der Waals surface area (Å²) < 4.78 is 5.41. The topological polar surface area (TPSA) is 38.1 Å². The number of nitrogens with one attached hydrogen (secondary N) is 1. The molecule has 1 atom stereocenters. The highest BCUT2D eigenvalue weighted by Gasteiger charge is 2.13. The van der Waals surface area contributed by atoms with Crippen LogP contribution in [0.15, 0.2) is 59.5 Å². The van der Waals surface area contributed by atoms with Gasteiger partial charge in [0, 0.05) is 30.2 Å². The lowest BCUT2D eigenvalue weighted by molar-refractivity contribution is 0.470. The zero-order chi connectivity index (χ0) is 13.8. The van der Waals surface area contributed by atoms with Crippen LogP contribution < -0.4 is 5.32 Å². The molecule has 3 heteroatoms. The van der Waals surface area contributed by atoms with Gasteiger partial charge in [-0.05, 0) is 42.6 Å². The van der Waals surface area contributed by atoms with Crippen molar-refractivity contribution >= 4 is 10.8 Å². The molecule has 3 nitrogen and oxygen atoms in total. The lowest BCUT2D eigenvalue weighted by Crippen LogP contribution is -2.17. The fraction of sp³-hybridized carbons (Fsp3) is 0.235. The van der Waals surface area contributed by atoms with E-state index in [1.807, 2.05) is 31.6 Å². The Morgan fingerprint density at radius 2 is 2.15 bits per heavy atom. The zero-order valence-corrected chi connectivity index (χ0v) is 11.5. The summed E-state index contributed by atoms with van der Waals surface area (Å²) in [5.74, 6) is 1.03. The number of aryl methyl sites for hydroxylation is 1. The summed E-state index contributed by atoms with van der Waals surface area (Å²) in [5, 5.41) is 5.85. The molecular weight excluding hydrogens is 248 g/mol. The second kappa shape index (κ2) is 5.88. The van der Waals surface area contributed by atoms with Gasteiger partial charge in [0.15, 0.2) is 0 Å². The third kappa shape index (κ3) is 2.58. The van der Waals surface area contributed by atoms with Crippen molar-refractivity contribution in [2.24, 2.45) is 0 Å². The number of nitrogens with zero attached hydrogens (tertiary/aromatic N) is 1. The summed E-state index contributed by atoms with van der Waals surface area (Å²) in [6.07, 6.45) is 7.43. The number of rotatable bonds is 5. The van der Waals surface area contributed by atoms with Gasteiger partial charge >= 0.3 is 0 Å². The first-order valence-electron chi connectivity index (χ1n) is 6.91. The van der Waals surface area contributed by atoms with Crippen molar-refractivity contribution in [1.82, 2.24) is 10.3 Å². The summed E-state index contributed by atoms with van der Waals surface area (Å²) >= 11 is 0. The molecule has 3 rings (SSSR count). The number of hydrogen-bond acceptors (Lipinski definition) is 3. The molecule has 0 saturated heterocycles. The van der Waals surface area contributed by atoms with Crippen LogP contribution in [0.4, 0.5) is 0 Å². The van der Waals surface area contributed by atoms with Gasteiger partial charge < -0.3 is 9.73 Å². The summed E-state index contributed by atoms with van der Waals surface area (Å²) in [4.78, 5) is 4.25. The molecule has 3 aromatic rings. The molecule has 0 fully saturated rings. The maximum atomic E-state index is 5.41. The van der Waals surface area contributed by atoms with E-state index in [4.69, 9.17) is 4.42 Å². The van der Waals surface area contributed by atoms with Crippen molar-refractivity contribution in [3.05, 3.63) is 66.4 Å². The van der Waals surface area contributed by atoms with Gasteiger partial charge in [0.1, 0.15) is 5.76 Å². The highest BCUT2D eigenvalue weighted by molar-refractivity contribution is 5.85. The van der Waals surface area contributed by atoms with Crippen LogP contribution in [0.5, 0.6) is 0 Å². The van der Waals surface area contributed by atoms with Gasteiger partial charge in [-0.1, -0.05) is 18.2 Å². The number of hydrogen-bond donors (Lipinski definition) is 1. The molecule has 20 heavy (non-hydrogen) atoms. The number of pyridine rings is 1. The number of aromatic nitrogens is 1. The number of fused-ring (bicyclic) bond motifs is 1. The van der Waals surface area contributed by atoms with Crippen molar-refractivity contribution in [2.45, 2.75) is 18.9 Å². The minimum atomic E-state index is 0.299. The fourth-order valence-corrected chi connectivity index (χ4v) is 2.64. The van der Waals surface area contributed by atoms with Crippen LogP contribution in [-0.4, -0.2) is 12.0 Å². The van der Waals surface area contributed by atoms with Crippen LogP contribution in [0.2, 0.25) is 0 Å². The first kappa shape index (κ1) is 12.9. The summed E-state index contributed by atoms with van der Waals surface area (Å²) in [6, 6.07) is 12.7. The van der Waals surface area contributed by atoms with E-state index in [-0.39, 0.29) is 0 Å². The first-order chi connectivity index (χ1) is 9.88. The van der Waals surface area contributed by atoms with Crippen molar-refractivity contribution in [3.8, 4) is 0 Å². The van der Waals surface area contributed by atoms with E-state index < -0.39 is 0 Å². The van der Waals surface area contributed by atoms with Crippen LogP contribution in [0, 0.1) is 0 Å². The molecule has 0 radical (unpaired) electrons. The van der Waals surface area contributed by atoms with Crippen LogP contribution >= 0.6 is 0 Å². The highest BCUT2D eigenvalue weighted by Crippen LogP contribution is 2.26. The molecule has 0 aliphatic rings. The van der Waals surface area contributed by atoms with E-state index in [0.717, 1.165) is 18.6 Å². The Labute approximate surface area is 118 Å². The Morgan fingerprint density at radius 3 is 2.95 bits per heavy atom. The number of furan rings is 1. The molecule has 0 amide bonds. The lowest BCUT2D eigenvalue weighted by Gasteiger charge is -2.18. The second-order valence-corrected chi connectivity index (χ2v) is 4.90. The Morgan fingerprint density at radius 1 is 1.20 bits per heavy atom. The normalized spacial score (nSPS) is 12.7. The molecule has 102 valence electrons. The van der Waals surface area contributed by atoms with Crippen LogP contribution in [-0.2, 0) is 6.42 Å². The largest absolute Gasteiger partial charge is 0.469 e.